The van der Waals surface area contributed by atoms with Gasteiger partial charge in [-0.15, -0.1) is 0 Å². The summed E-state index contributed by atoms with van der Waals surface area (Å²) < 4.78 is 5.43. The highest BCUT2D eigenvalue weighted by atomic mass is 35.5. The molecule has 2 nitrogen and oxygen atoms in total. The SMILES string of the molecule is O=Cc1ccc(OCC=C(Cl)Cl)cc1. The number of benzene rings is 1. The summed E-state index contributed by atoms with van der Waals surface area (Å²) in [5.74, 6) is 0.668. The number of hydrogen-bond acceptors (Lipinski definition) is 2. The van der Waals surface area contributed by atoms with Crippen molar-refractivity contribution in [2.75, 3.05) is 6.61 Å². The van der Waals surface area contributed by atoms with Gasteiger partial charge in [0.25, 0.3) is 0 Å². The van der Waals surface area contributed by atoms with Gasteiger partial charge in [-0.1, -0.05) is 23.2 Å². The molecule has 0 aromatic heterocycles. The molecule has 0 N–H and O–H groups in total. The first kappa shape index (κ1) is 11.1. The van der Waals surface area contributed by atoms with Gasteiger partial charge in [0.1, 0.15) is 23.1 Å². The Kier molecular flexibility index (Phi) is 4.50. The summed E-state index contributed by atoms with van der Waals surface area (Å²) >= 11 is 10.8. The highest BCUT2D eigenvalue weighted by molar-refractivity contribution is 6.55. The van der Waals surface area contributed by atoms with Gasteiger partial charge >= 0.3 is 0 Å². The van der Waals surface area contributed by atoms with Gasteiger partial charge in [0.15, 0.2) is 0 Å². The monoisotopic (exact) mass is 230 g/mol. The fraction of sp³-hybridized carbons (Fsp3) is 0.100. The zero-order valence-corrected chi connectivity index (χ0v) is 8.76. The van der Waals surface area contributed by atoms with Gasteiger partial charge in [0.2, 0.25) is 0 Å². The lowest BCUT2D eigenvalue weighted by Gasteiger charge is -2.02. The Labute approximate surface area is 92.1 Å². The number of ether oxygens (including phenoxy) is 1. The maximum Gasteiger partial charge on any atom is 0.150 e. The normalized spacial score (nSPS) is 9.29. The summed E-state index contributed by atoms with van der Waals surface area (Å²) in [5.41, 5.74) is 0.614. The quantitative estimate of drug-likeness (QED) is 0.743. The smallest absolute Gasteiger partial charge is 0.150 e. The summed E-state index contributed by atoms with van der Waals surface area (Å²) in [6.07, 6.45) is 2.32. The van der Waals surface area contributed by atoms with Crippen molar-refractivity contribution in [2.45, 2.75) is 0 Å². The number of carbonyl (C=O) groups excluding carboxylic acids is 1. The van der Waals surface area contributed by atoms with Crippen molar-refractivity contribution < 1.29 is 9.53 Å². The van der Waals surface area contributed by atoms with E-state index in [2.05, 4.69) is 0 Å². The van der Waals surface area contributed by atoms with E-state index < -0.39 is 0 Å². The standard InChI is InChI=1S/C10H8Cl2O2/c11-10(12)5-6-14-9-3-1-8(7-13)2-4-9/h1-5,7H,6H2. The largest absolute Gasteiger partial charge is 0.489 e. The van der Waals surface area contributed by atoms with Gasteiger partial charge in [0, 0.05) is 5.56 Å². The van der Waals surface area contributed by atoms with Crippen LogP contribution in [0.2, 0.25) is 0 Å². The van der Waals surface area contributed by atoms with Crippen molar-refractivity contribution in [3.8, 4) is 5.75 Å². The van der Waals surface area contributed by atoms with Gasteiger partial charge < -0.3 is 4.74 Å². The number of halogens is 2. The van der Waals surface area contributed by atoms with Crippen molar-refractivity contribution >= 4 is 29.5 Å². The maximum absolute atomic E-state index is 10.3. The average Bonchev–Trinajstić information content (AvgIpc) is 2.18. The van der Waals surface area contributed by atoms with Gasteiger partial charge in [-0.2, -0.15) is 0 Å². The Balaban J connectivity index is 2.52. The number of rotatable bonds is 4. The van der Waals surface area contributed by atoms with E-state index >= 15 is 0 Å². The molecule has 0 aliphatic heterocycles. The first-order valence-corrected chi connectivity index (χ1v) is 4.67. The second kappa shape index (κ2) is 5.68. The predicted octanol–water partition coefficient (Wildman–Crippen LogP) is 3.20. The second-order valence-corrected chi connectivity index (χ2v) is 3.50. The summed E-state index contributed by atoms with van der Waals surface area (Å²) in [4.78, 5) is 10.3. The Bertz CT molecular complexity index is 326. The molecular formula is C10H8Cl2O2. The van der Waals surface area contributed by atoms with E-state index in [4.69, 9.17) is 27.9 Å². The molecule has 1 rings (SSSR count). The third-order valence-corrected chi connectivity index (χ3v) is 1.81. The summed E-state index contributed by atoms with van der Waals surface area (Å²) in [7, 11) is 0. The molecule has 0 fully saturated rings. The van der Waals surface area contributed by atoms with Crippen LogP contribution in [-0.2, 0) is 0 Å². The van der Waals surface area contributed by atoms with Crippen LogP contribution >= 0.6 is 23.2 Å². The van der Waals surface area contributed by atoms with E-state index in [0.29, 0.717) is 17.9 Å². The van der Waals surface area contributed by atoms with Crippen LogP contribution in [0.15, 0.2) is 34.8 Å². The van der Waals surface area contributed by atoms with Gasteiger partial charge in [-0.05, 0) is 30.3 Å². The third-order valence-electron chi connectivity index (χ3n) is 1.50. The fourth-order valence-corrected chi connectivity index (χ4v) is 0.969. The lowest BCUT2D eigenvalue weighted by atomic mass is 10.2. The summed E-state index contributed by atoms with van der Waals surface area (Å²) in [5, 5.41) is 0. The molecule has 0 aliphatic rings. The number of carbonyl (C=O) groups is 1. The van der Waals surface area contributed by atoms with Crippen LogP contribution in [-0.4, -0.2) is 12.9 Å². The molecule has 0 atom stereocenters. The van der Waals surface area contributed by atoms with Crippen LogP contribution < -0.4 is 4.74 Å². The van der Waals surface area contributed by atoms with Crippen LogP contribution in [0.25, 0.3) is 0 Å². The molecule has 1 aromatic rings. The van der Waals surface area contributed by atoms with E-state index in [-0.39, 0.29) is 4.49 Å². The van der Waals surface area contributed by atoms with Crippen LogP contribution in [0.3, 0.4) is 0 Å². The molecule has 4 heteroatoms. The molecule has 1 aromatic carbocycles. The Morgan fingerprint density at radius 1 is 1.29 bits per heavy atom. The van der Waals surface area contributed by atoms with Crippen molar-refractivity contribution in [1.29, 1.82) is 0 Å². The fourth-order valence-electron chi connectivity index (χ4n) is 0.844. The van der Waals surface area contributed by atoms with Crippen molar-refractivity contribution in [1.82, 2.24) is 0 Å². The minimum atomic E-state index is 0.175. The molecule has 74 valence electrons. The maximum atomic E-state index is 10.3. The van der Waals surface area contributed by atoms with Crippen molar-refractivity contribution in [3.63, 3.8) is 0 Å². The molecule has 0 heterocycles. The second-order valence-electron chi connectivity index (χ2n) is 2.49. The van der Waals surface area contributed by atoms with Crippen LogP contribution in [0.1, 0.15) is 10.4 Å². The van der Waals surface area contributed by atoms with E-state index in [1.807, 2.05) is 0 Å². The molecule has 0 saturated heterocycles. The van der Waals surface area contributed by atoms with E-state index in [9.17, 15) is 4.79 Å². The highest BCUT2D eigenvalue weighted by Gasteiger charge is 1.93. The van der Waals surface area contributed by atoms with Gasteiger partial charge in [0.05, 0.1) is 0 Å². The first-order valence-electron chi connectivity index (χ1n) is 3.91. The molecule has 0 saturated carbocycles. The Hall–Kier alpha value is -0.990. The predicted molar refractivity (Wildman–Crippen MR) is 57.1 cm³/mol. The van der Waals surface area contributed by atoms with Gasteiger partial charge in [-0.3, -0.25) is 4.79 Å². The summed E-state index contributed by atoms with van der Waals surface area (Å²) in [6, 6.07) is 6.77. The van der Waals surface area contributed by atoms with E-state index in [1.54, 1.807) is 24.3 Å². The minimum Gasteiger partial charge on any atom is -0.489 e. The first-order chi connectivity index (χ1) is 6.72. The van der Waals surface area contributed by atoms with E-state index in [1.165, 1.54) is 6.08 Å². The molecule has 0 spiro atoms. The molecule has 0 amide bonds. The zero-order chi connectivity index (χ0) is 10.4. The minimum absolute atomic E-state index is 0.175. The number of hydrogen-bond donors (Lipinski definition) is 0. The van der Waals surface area contributed by atoms with Crippen LogP contribution in [0.4, 0.5) is 0 Å². The molecule has 0 radical (unpaired) electrons. The molecule has 0 unspecified atom stereocenters. The van der Waals surface area contributed by atoms with E-state index in [0.717, 1.165) is 6.29 Å². The lowest BCUT2D eigenvalue weighted by Crippen LogP contribution is -1.93. The lowest BCUT2D eigenvalue weighted by molar-refractivity contribution is 0.112. The molecular weight excluding hydrogens is 223 g/mol. The Morgan fingerprint density at radius 2 is 1.93 bits per heavy atom. The molecule has 14 heavy (non-hydrogen) atoms. The number of aldehydes is 1. The van der Waals surface area contributed by atoms with Crippen molar-refractivity contribution in [3.05, 3.63) is 40.4 Å². The highest BCUT2D eigenvalue weighted by Crippen LogP contribution is 2.12. The van der Waals surface area contributed by atoms with Crippen molar-refractivity contribution in [2.24, 2.45) is 0 Å². The third kappa shape index (κ3) is 3.81. The molecule has 0 aliphatic carbocycles. The summed E-state index contributed by atoms with van der Waals surface area (Å²) in [6.45, 7) is 0.308. The van der Waals surface area contributed by atoms with Crippen LogP contribution in [0, 0.1) is 0 Å². The molecule has 0 bridgehead atoms. The zero-order valence-electron chi connectivity index (χ0n) is 7.24. The average molecular weight is 231 g/mol. The van der Waals surface area contributed by atoms with Crippen LogP contribution in [0.5, 0.6) is 5.75 Å². The Morgan fingerprint density at radius 3 is 2.43 bits per heavy atom. The van der Waals surface area contributed by atoms with Gasteiger partial charge in [-0.25, -0.2) is 0 Å². The topological polar surface area (TPSA) is 26.3 Å².